The summed E-state index contributed by atoms with van der Waals surface area (Å²) in [6, 6.07) is 0. The lowest BCUT2D eigenvalue weighted by Gasteiger charge is -2.21. The molecule has 0 atom stereocenters. The molecular weight excluding hydrogens is 144 g/mol. The number of nitroso groups, excluding NO2 is 1. The van der Waals surface area contributed by atoms with Crippen LogP contribution in [0.3, 0.4) is 0 Å². The summed E-state index contributed by atoms with van der Waals surface area (Å²) in [5.41, 5.74) is -0.181. The van der Waals surface area contributed by atoms with Gasteiger partial charge in [-0.2, -0.15) is 0 Å². The van der Waals surface area contributed by atoms with Crippen LogP contribution < -0.4 is 5.32 Å². The maximum absolute atomic E-state index is 10.6. The Bertz CT molecular complexity index is 155. The first-order valence-electron chi connectivity index (χ1n) is 3.52. The number of nitrogens with zero attached hydrogens (tertiary/aromatic N) is 1. The monoisotopic (exact) mass is 158 g/mol. The molecule has 0 aromatic carbocycles. The molecule has 0 aromatic heterocycles. The van der Waals surface area contributed by atoms with Gasteiger partial charge in [-0.25, -0.2) is 0 Å². The second-order valence-electron chi connectivity index (χ2n) is 3.36. The van der Waals surface area contributed by atoms with Crippen molar-refractivity contribution in [2.24, 2.45) is 10.6 Å². The van der Waals surface area contributed by atoms with Crippen molar-refractivity contribution in [3.63, 3.8) is 0 Å². The van der Waals surface area contributed by atoms with Gasteiger partial charge in [-0.3, -0.25) is 4.79 Å². The number of hydrogen-bond acceptors (Lipinski definition) is 3. The topological polar surface area (TPSA) is 58.5 Å². The summed E-state index contributed by atoms with van der Waals surface area (Å²) in [6.07, 6.45) is 0.206. The maximum Gasteiger partial charge on any atom is 0.286 e. The molecule has 0 saturated heterocycles. The molecule has 0 fully saturated rings. The molecule has 0 unspecified atom stereocenters. The molecule has 0 aliphatic rings. The highest BCUT2D eigenvalue weighted by Gasteiger charge is 2.21. The number of carbonyl (C=O) groups is 1. The molecule has 0 aliphatic heterocycles. The van der Waals surface area contributed by atoms with E-state index in [9.17, 15) is 9.70 Å². The molecule has 0 heterocycles. The van der Waals surface area contributed by atoms with Crippen LogP contribution in [0.4, 0.5) is 0 Å². The van der Waals surface area contributed by atoms with Crippen LogP contribution in [0.25, 0.3) is 0 Å². The number of nitrogens with one attached hydrogen (secondary N) is 1. The Morgan fingerprint density at radius 2 is 2.09 bits per heavy atom. The SMILES string of the molecule is CNCC(C)(C)CC(=O)N=O. The van der Waals surface area contributed by atoms with Crippen LogP contribution in [0.1, 0.15) is 20.3 Å². The molecule has 0 bridgehead atoms. The van der Waals surface area contributed by atoms with Gasteiger partial charge in [0.2, 0.25) is 0 Å². The Balaban J connectivity index is 3.89. The molecule has 11 heavy (non-hydrogen) atoms. The Morgan fingerprint density at radius 1 is 1.55 bits per heavy atom. The summed E-state index contributed by atoms with van der Waals surface area (Å²) < 4.78 is 0. The lowest BCUT2D eigenvalue weighted by molar-refractivity contribution is -0.119. The van der Waals surface area contributed by atoms with E-state index in [1.54, 1.807) is 7.05 Å². The first kappa shape index (κ1) is 10.2. The van der Waals surface area contributed by atoms with Crippen molar-refractivity contribution in [1.82, 2.24) is 5.32 Å². The molecule has 4 heteroatoms. The van der Waals surface area contributed by atoms with Crippen LogP contribution in [-0.4, -0.2) is 19.5 Å². The molecular formula is C7H14N2O2. The first-order valence-corrected chi connectivity index (χ1v) is 3.52. The van der Waals surface area contributed by atoms with Crippen molar-refractivity contribution in [1.29, 1.82) is 0 Å². The molecule has 0 radical (unpaired) electrons. The van der Waals surface area contributed by atoms with Gasteiger partial charge < -0.3 is 5.32 Å². The van der Waals surface area contributed by atoms with Crippen molar-refractivity contribution in [2.75, 3.05) is 13.6 Å². The fourth-order valence-electron chi connectivity index (χ4n) is 0.983. The van der Waals surface area contributed by atoms with E-state index in [4.69, 9.17) is 0 Å². The Labute approximate surface area is 66.3 Å². The summed E-state index contributed by atoms with van der Waals surface area (Å²) in [5, 5.41) is 5.28. The zero-order valence-corrected chi connectivity index (χ0v) is 7.18. The highest BCUT2D eigenvalue weighted by atomic mass is 16.3. The Kier molecular flexibility index (Phi) is 3.89. The standard InChI is InChI=1S/C7H14N2O2/c1-7(2,5-8-3)4-6(10)9-11/h8H,4-5H2,1-3H3. The largest absolute Gasteiger partial charge is 0.319 e. The smallest absolute Gasteiger partial charge is 0.286 e. The van der Waals surface area contributed by atoms with Crippen LogP contribution in [0.2, 0.25) is 0 Å². The van der Waals surface area contributed by atoms with Crippen molar-refractivity contribution in [3.8, 4) is 0 Å². The second kappa shape index (κ2) is 4.18. The van der Waals surface area contributed by atoms with Gasteiger partial charge in [0.25, 0.3) is 5.91 Å². The third-order valence-electron chi connectivity index (χ3n) is 1.39. The van der Waals surface area contributed by atoms with Crippen LogP contribution in [0.15, 0.2) is 5.18 Å². The van der Waals surface area contributed by atoms with Gasteiger partial charge in [0.1, 0.15) is 0 Å². The normalized spacial score (nSPS) is 11.2. The Hall–Kier alpha value is -0.770. The van der Waals surface area contributed by atoms with E-state index < -0.39 is 5.91 Å². The van der Waals surface area contributed by atoms with E-state index in [0.29, 0.717) is 6.54 Å². The van der Waals surface area contributed by atoms with Crippen molar-refractivity contribution in [3.05, 3.63) is 4.91 Å². The second-order valence-corrected chi connectivity index (χ2v) is 3.36. The summed E-state index contributed by atoms with van der Waals surface area (Å²) in [5.74, 6) is -0.578. The van der Waals surface area contributed by atoms with Gasteiger partial charge in [0.05, 0.1) is 0 Å². The van der Waals surface area contributed by atoms with E-state index in [0.717, 1.165) is 0 Å². The number of hydrogen-bond donors (Lipinski definition) is 1. The van der Waals surface area contributed by atoms with Gasteiger partial charge in [0, 0.05) is 18.1 Å². The average Bonchev–Trinajstić information content (AvgIpc) is 1.86. The molecule has 0 aromatic rings. The lowest BCUT2D eigenvalue weighted by Crippen LogP contribution is -2.28. The van der Waals surface area contributed by atoms with Crippen LogP contribution in [0, 0.1) is 10.3 Å². The van der Waals surface area contributed by atoms with Crippen LogP contribution in [0.5, 0.6) is 0 Å². The first-order chi connectivity index (χ1) is 5.02. The zero-order valence-electron chi connectivity index (χ0n) is 7.18. The molecule has 0 spiro atoms. The van der Waals surface area contributed by atoms with Gasteiger partial charge in [-0.1, -0.05) is 13.8 Å². The molecule has 0 saturated carbocycles. The van der Waals surface area contributed by atoms with E-state index in [1.165, 1.54) is 0 Å². The van der Waals surface area contributed by atoms with E-state index in [1.807, 2.05) is 13.8 Å². The average molecular weight is 158 g/mol. The Morgan fingerprint density at radius 3 is 2.45 bits per heavy atom. The van der Waals surface area contributed by atoms with Gasteiger partial charge in [-0.15, -0.1) is 4.91 Å². The number of rotatable bonds is 4. The van der Waals surface area contributed by atoms with Crippen LogP contribution in [-0.2, 0) is 4.79 Å². The van der Waals surface area contributed by atoms with Crippen molar-refractivity contribution >= 4 is 5.91 Å². The summed E-state index contributed by atoms with van der Waals surface area (Å²) >= 11 is 0. The summed E-state index contributed by atoms with van der Waals surface area (Å²) in [7, 11) is 1.81. The minimum atomic E-state index is -0.578. The van der Waals surface area contributed by atoms with Gasteiger partial charge >= 0.3 is 0 Å². The van der Waals surface area contributed by atoms with Gasteiger partial charge in [-0.05, 0) is 12.5 Å². The number of carbonyl (C=O) groups excluding carboxylic acids is 1. The minimum absolute atomic E-state index is 0.181. The summed E-state index contributed by atoms with van der Waals surface area (Å²) in [6.45, 7) is 4.52. The summed E-state index contributed by atoms with van der Waals surface area (Å²) in [4.78, 5) is 20.4. The maximum atomic E-state index is 10.6. The van der Waals surface area contributed by atoms with E-state index in [2.05, 4.69) is 10.5 Å². The molecule has 0 rings (SSSR count). The van der Waals surface area contributed by atoms with Crippen molar-refractivity contribution in [2.45, 2.75) is 20.3 Å². The fraction of sp³-hybridized carbons (Fsp3) is 0.857. The third kappa shape index (κ3) is 4.61. The molecule has 0 aliphatic carbocycles. The fourth-order valence-corrected chi connectivity index (χ4v) is 0.983. The van der Waals surface area contributed by atoms with Crippen LogP contribution >= 0.6 is 0 Å². The molecule has 4 nitrogen and oxygen atoms in total. The third-order valence-corrected chi connectivity index (χ3v) is 1.39. The van der Waals surface area contributed by atoms with Gasteiger partial charge in [0.15, 0.2) is 0 Å². The quantitative estimate of drug-likeness (QED) is 0.619. The number of amides is 1. The predicted molar refractivity (Wildman–Crippen MR) is 43.1 cm³/mol. The minimum Gasteiger partial charge on any atom is -0.319 e. The molecule has 1 N–H and O–H groups in total. The molecule has 1 amide bonds. The zero-order chi connectivity index (χ0) is 8.91. The highest BCUT2D eigenvalue weighted by Crippen LogP contribution is 2.19. The van der Waals surface area contributed by atoms with Crippen molar-refractivity contribution < 1.29 is 4.79 Å². The predicted octanol–water partition coefficient (Wildman–Crippen LogP) is 0.915. The highest BCUT2D eigenvalue weighted by molar-refractivity contribution is 5.77. The molecule has 64 valence electrons. The van der Waals surface area contributed by atoms with E-state index in [-0.39, 0.29) is 11.8 Å². The lowest BCUT2D eigenvalue weighted by atomic mass is 9.89. The van der Waals surface area contributed by atoms with E-state index >= 15 is 0 Å².